The van der Waals surface area contributed by atoms with Crippen LogP contribution in [0.1, 0.15) is 25.0 Å². The lowest BCUT2D eigenvalue weighted by molar-refractivity contribution is 0.543. The molecule has 6 heteroatoms. The van der Waals surface area contributed by atoms with Crippen molar-refractivity contribution in [1.82, 2.24) is 4.98 Å². The van der Waals surface area contributed by atoms with E-state index in [2.05, 4.69) is 78.9 Å². The monoisotopic (exact) mass is 410 g/mol. The topological polar surface area (TPSA) is 49.3 Å². The molecule has 0 radical (unpaired) electrons. The molecule has 0 spiro atoms. The highest BCUT2D eigenvalue weighted by molar-refractivity contribution is 8.14. The van der Waals surface area contributed by atoms with Gasteiger partial charge in [-0.2, -0.15) is 0 Å². The number of thiazole rings is 1. The van der Waals surface area contributed by atoms with Crippen molar-refractivity contribution in [3.8, 4) is 0 Å². The van der Waals surface area contributed by atoms with Gasteiger partial charge in [0.05, 0.1) is 16.3 Å². The number of nitrogens with one attached hydrogen (secondary N) is 2. The van der Waals surface area contributed by atoms with Gasteiger partial charge in [0.2, 0.25) is 0 Å². The quantitative estimate of drug-likeness (QED) is 0.539. The zero-order valence-corrected chi connectivity index (χ0v) is 18.2. The zero-order chi connectivity index (χ0) is 19.5. The molecular formula is C22H26N4S2. The van der Waals surface area contributed by atoms with Crippen LogP contribution >= 0.6 is 23.1 Å². The Morgan fingerprint density at radius 2 is 1.96 bits per heavy atom. The van der Waals surface area contributed by atoms with Gasteiger partial charge in [-0.05, 0) is 54.7 Å². The van der Waals surface area contributed by atoms with Crippen LogP contribution in [-0.2, 0) is 6.42 Å². The van der Waals surface area contributed by atoms with Gasteiger partial charge >= 0.3 is 0 Å². The molecule has 2 aromatic carbocycles. The van der Waals surface area contributed by atoms with Crippen molar-refractivity contribution >= 4 is 49.3 Å². The largest absolute Gasteiger partial charge is 0.361 e. The Labute approximate surface area is 174 Å². The van der Waals surface area contributed by atoms with Crippen LogP contribution in [0, 0.1) is 12.8 Å². The highest BCUT2D eigenvalue weighted by Crippen LogP contribution is 2.27. The van der Waals surface area contributed by atoms with E-state index < -0.39 is 0 Å². The first-order chi connectivity index (χ1) is 13.6. The molecule has 28 heavy (non-hydrogen) atoms. The summed E-state index contributed by atoms with van der Waals surface area (Å²) in [7, 11) is 0. The summed E-state index contributed by atoms with van der Waals surface area (Å²) in [6, 6.07) is 15.5. The maximum absolute atomic E-state index is 4.76. The van der Waals surface area contributed by atoms with Crippen LogP contribution in [0.15, 0.2) is 47.5 Å². The average molecular weight is 411 g/mol. The summed E-state index contributed by atoms with van der Waals surface area (Å²) in [5, 5.41) is 8.94. The Kier molecular flexibility index (Phi) is 5.87. The number of benzene rings is 2. The summed E-state index contributed by atoms with van der Waals surface area (Å²) < 4.78 is 1.24. The molecule has 0 amide bonds. The first-order valence-electron chi connectivity index (χ1n) is 9.74. The van der Waals surface area contributed by atoms with Gasteiger partial charge in [0.25, 0.3) is 0 Å². The molecule has 146 valence electrons. The second kappa shape index (κ2) is 8.53. The minimum Gasteiger partial charge on any atom is -0.361 e. The number of hydrogen-bond acceptors (Lipinski definition) is 6. The first kappa shape index (κ1) is 19.3. The fraction of sp³-hybridized carbons (Fsp3) is 0.364. The zero-order valence-electron chi connectivity index (χ0n) is 16.5. The molecule has 0 unspecified atom stereocenters. The highest BCUT2D eigenvalue weighted by atomic mass is 32.2. The van der Waals surface area contributed by atoms with E-state index in [0.717, 1.165) is 40.2 Å². The van der Waals surface area contributed by atoms with Crippen LogP contribution in [-0.4, -0.2) is 28.5 Å². The van der Waals surface area contributed by atoms with Crippen molar-refractivity contribution < 1.29 is 0 Å². The van der Waals surface area contributed by atoms with E-state index in [4.69, 9.17) is 4.99 Å². The van der Waals surface area contributed by atoms with E-state index in [1.165, 1.54) is 15.8 Å². The van der Waals surface area contributed by atoms with Crippen LogP contribution in [0.5, 0.6) is 0 Å². The van der Waals surface area contributed by atoms with Gasteiger partial charge < -0.3 is 10.6 Å². The fourth-order valence-electron chi connectivity index (χ4n) is 3.10. The summed E-state index contributed by atoms with van der Waals surface area (Å²) >= 11 is 3.54. The van der Waals surface area contributed by atoms with E-state index >= 15 is 0 Å². The van der Waals surface area contributed by atoms with Gasteiger partial charge in [-0.15, -0.1) is 0 Å². The van der Waals surface area contributed by atoms with Crippen molar-refractivity contribution in [2.24, 2.45) is 10.9 Å². The number of nitrogens with zero attached hydrogens (tertiary/aromatic N) is 2. The molecule has 1 atom stereocenters. The van der Waals surface area contributed by atoms with Crippen molar-refractivity contribution in [3.63, 3.8) is 0 Å². The first-order valence-corrected chi connectivity index (χ1v) is 11.5. The SMILES string of the molecule is Cc1ccc2nc(NCCc3ccc(NC4=N[C@@H](C(C)C)CS4)cc3)sc2c1. The minimum atomic E-state index is 0.435. The van der Waals surface area contributed by atoms with E-state index in [9.17, 15) is 0 Å². The number of aromatic nitrogens is 1. The van der Waals surface area contributed by atoms with Crippen LogP contribution in [0.25, 0.3) is 10.2 Å². The van der Waals surface area contributed by atoms with E-state index in [1.54, 1.807) is 11.3 Å². The molecule has 0 bridgehead atoms. The van der Waals surface area contributed by atoms with Crippen molar-refractivity contribution in [3.05, 3.63) is 53.6 Å². The fourth-order valence-corrected chi connectivity index (χ4v) is 5.28. The maximum atomic E-state index is 4.76. The van der Waals surface area contributed by atoms with Crippen molar-refractivity contribution in [1.29, 1.82) is 0 Å². The lowest BCUT2D eigenvalue weighted by atomic mass is 10.1. The van der Waals surface area contributed by atoms with E-state index in [0.29, 0.717) is 12.0 Å². The highest BCUT2D eigenvalue weighted by Gasteiger charge is 2.20. The van der Waals surface area contributed by atoms with Gasteiger partial charge in [0.15, 0.2) is 10.3 Å². The molecule has 1 aromatic heterocycles. The van der Waals surface area contributed by atoms with Crippen molar-refractivity contribution in [2.75, 3.05) is 22.9 Å². The molecule has 3 aromatic rings. The predicted molar refractivity (Wildman–Crippen MR) is 125 cm³/mol. The summed E-state index contributed by atoms with van der Waals surface area (Å²) in [4.78, 5) is 9.42. The molecule has 4 rings (SSSR count). The second-order valence-corrected chi connectivity index (χ2v) is 9.58. The predicted octanol–water partition coefficient (Wildman–Crippen LogP) is 5.80. The summed E-state index contributed by atoms with van der Waals surface area (Å²) in [6.07, 6.45) is 0.973. The molecule has 4 nitrogen and oxygen atoms in total. The number of hydrogen-bond donors (Lipinski definition) is 2. The lowest BCUT2D eigenvalue weighted by Gasteiger charge is -2.08. The average Bonchev–Trinajstić information content (AvgIpc) is 3.29. The Hall–Kier alpha value is -2.05. The number of rotatable bonds is 6. The van der Waals surface area contributed by atoms with Gasteiger partial charge in [-0.3, -0.25) is 4.99 Å². The minimum absolute atomic E-state index is 0.435. The maximum Gasteiger partial charge on any atom is 0.183 e. The summed E-state index contributed by atoms with van der Waals surface area (Å²) in [5.74, 6) is 1.68. The normalized spacial score (nSPS) is 16.6. The summed E-state index contributed by atoms with van der Waals surface area (Å²) in [6.45, 7) is 7.46. The third-order valence-electron chi connectivity index (χ3n) is 4.88. The van der Waals surface area contributed by atoms with Gasteiger partial charge in [0, 0.05) is 18.0 Å². The van der Waals surface area contributed by atoms with Crippen molar-refractivity contribution in [2.45, 2.75) is 33.2 Å². The number of anilines is 2. The standard InChI is InChI=1S/C22H26N4S2/c1-14(2)19-13-27-22(26-19)24-17-7-5-16(6-8-17)10-11-23-21-25-18-9-4-15(3)12-20(18)28-21/h4-9,12,14,19H,10-11,13H2,1-3H3,(H,23,25)(H,24,26)/t19-/m1/s1. The van der Waals surface area contributed by atoms with Gasteiger partial charge in [-0.1, -0.05) is 55.1 Å². The molecule has 2 N–H and O–H groups in total. The number of amidine groups is 1. The van der Waals surface area contributed by atoms with E-state index in [1.807, 2.05) is 11.8 Å². The van der Waals surface area contributed by atoms with E-state index in [-0.39, 0.29) is 0 Å². The number of aliphatic imine (C=N–C) groups is 1. The van der Waals surface area contributed by atoms with Crippen LogP contribution in [0.2, 0.25) is 0 Å². The molecule has 1 aliphatic rings. The number of thioether (sulfide) groups is 1. The van der Waals surface area contributed by atoms with Crippen LogP contribution < -0.4 is 10.6 Å². The molecule has 1 aliphatic heterocycles. The molecule has 0 saturated heterocycles. The lowest BCUT2D eigenvalue weighted by Crippen LogP contribution is -2.12. The molecule has 2 heterocycles. The molecule has 0 fully saturated rings. The Morgan fingerprint density at radius 1 is 1.14 bits per heavy atom. The molecule has 0 saturated carbocycles. The third kappa shape index (κ3) is 4.67. The smallest absolute Gasteiger partial charge is 0.183 e. The molecular weight excluding hydrogens is 384 g/mol. The van der Waals surface area contributed by atoms with Crippen LogP contribution in [0.3, 0.4) is 0 Å². The summed E-state index contributed by atoms with van der Waals surface area (Å²) in [5.41, 5.74) is 4.77. The number of fused-ring (bicyclic) bond motifs is 1. The number of aryl methyl sites for hydroxylation is 1. The van der Waals surface area contributed by atoms with Gasteiger partial charge in [0.1, 0.15) is 0 Å². The Morgan fingerprint density at radius 3 is 2.71 bits per heavy atom. The Balaban J connectivity index is 1.29. The van der Waals surface area contributed by atoms with Gasteiger partial charge in [-0.25, -0.2) is 4.98 Å². The van der Waals surface area contributed by atoms with Crippen LogP contribution in [0.4, 0.5) is 10.8 Å². The third-order valence-corrected chi connectivity index (χ3v) is 6.85. The second-order valence-electron chi connectivity index (χ2n) is 7.55. The Bertz CT molecular complexity index is 976. The molecule has 0 aliphatic carbocycles.